The maximum absolute atomic E-state index is 13.4. The van der Waals surface area contributed by atoms with Crippen LogP contribution in [-0.2, 0) is 14.8 Å². The lowest BCUT2D eigenvalue weighted by Crippen LogP contribution is -2.52. The number of fused-ring (bicyclic) bond motifs is 3. The van der Waals surface area contributed by atoms with Gasteiger partial charge in [-0.15, -0.1) is 0 Å². The molecular formula is C24H22ClN3O3S. The molecule has 0 aliphatic carbocycles. The molecule has 5 rings (SSSR count). The number of hydrogen-bond acceptors (Lipinski definition) is 4. The molecule has 1 fully saturated rings. The van der Waals surface area contributed by atoms with Gasteiger partial charge in [0, 0.05) is 48.0 Å². The van der Waals surface area contributed by atoms with Crippen LogP contribution in [0.25, 0.3) is 11.1 Å². The van der Waals surface area contributed by atoms with Crippen LogP contribution in [0.1, 0.15) is 0 Å². The number of benzene rings is 3. The van der Waals surface area contributed by atoms with Crippen molar-refractivity contribution in [3.8, 4) is 11.1 Å². The van der Waals surface area contributed by atoms with Crippen LogP contribution in [0.2, 0.25) is 5.02 Å². The fourth-order valence-electron chi connectivity index (χ4n) is 4.35. The maximum Gasteiger partial charge on any atom is 0.265 e. The molecule has 2 aliphatic heterocycles. The third-order valence-corrected chi connectivity index (χ3v) is 8.06. The molecule has 0 spiro atoms. The average Bonchev–Trinajstić information content (AvgIpc) is 2.82. The van der Waals surface area contributed by atoms with Gasteiger partial charge in [-0.1, -0.05) is 48.0 Å². The van der Waals surface area contributed by atoms with E-state index in [2.05, 4.69) is 17.0 Å². The molecule has 32 heavy (non-hydrogen) atoms. The molecule has 1 amide bonds. The predicted molar refractivity (Wildman–Crippen MR) is 127 cm³/mol. The van der Waals surface area contributed by atoms with Gasteiger partial charge in [0.05, 0.1) is 10.6 Å². The Morgan fingerprint density at radius 1 is 0.844 bits per heavy atom. The van der Waals surface area contributed by atoms with Crippen LogP contribution in [-0.4, -0.2) is 51.9 Å². The zero-order valence-corrected chi connectivity index (χ0v) is 18.9. The number of amides is 1. The summed E-state index contributed by atoms with van der Waals surface area (Å²) in [4.78, 5) is 17.3. The maximum atomic E-state index is 13.4. The lowest BCUT2D eigenvalue weighted by molar-refractivity contribution is -0.129. The van der Waals surface area contributed by atoms with Crippen molar-refractivity contribution in [3.05, 3.63) is 77.8 Å². The van der Waals surface area contributed by atoms with E-state index < -0.39 is 10.0 Å². The van der Waals surface area contributed by atoms with Gasteiger partial charge >= 0.3 is 0 Å². The highest BCUT2D eigenvalue weighted by Gasteiger charge is 2.37. The number of para-hydroxylation sites is 1. The first-order chi connectivity index (χ1) is 15.4. The Balaban J connectivity index is 1.39. The van der Waals surface area contributed by atoms with Gasteiger partial charge in [-0.2, -0.15) is 0 Å². The SMILES string of the molecule is O=C(CN1c2ccc(Cl)cc2-c2ccccc2S1(=O)=O)N1CCN(c2ccccc2)CC1. The van der Waals surface area contributed by atoms with Crippen LogP contribution in [0.5, 0.6) is 0 Å². The van der Waals surface area contributed by atoms with Crippen LogP contribution in [0, 0.1) is 0 Å². The lowest BCUT2D eigenvalue weighted by Gasteiger charge is -2.38. The molecule has 8 heteroatoms. The average molecular weight is 468 g/mol. The summed E-state index contributed by atoms with van der Waals surface area (Å²) in [6, 6.07) is 22.0. The molecule has 2 aliphatic rings. The monoisotopic (exact) mass is 467 g/mol. The van der Waals surface area contributed by atoms with Gasteiger partial charge in [-0.3, -0.25) is 9.10 Å². The van der Waals surface area contributed by atoms with Gasteiger partial charge in [-0.25, -0.2) is 8.42 Å². The number of halogens is 1. The van der Waals surface area contributed by atoms with E-state index in [1.165, 1.54) is 4.31 Å². The van der Waals surface area contributed by atoms with Gasteiger partial charge < -0.3 is 9.80 Å². The Morgan fingerprint density at radius 2 is 1.53 bits per heavy atom. The number of carbonyl (C=O) groups excluding carboxylic acids is 1. The third kappa shape index (κ3) is 3.61. The number of carbonyl (C=O) groups is 1. The van der Waals surface area contributed by atoms with E-state index in [0.717, 1.165) is 5.69 Å². The quantitative estimate of drug-likeness (QED) is 0.586. The summed E-state index contributed by atoms with van der Waals surface area (Å²) in [7, 11) is -3.86. The number of anilines is 2. The van der Waals surface area contributed by atoms with Crippen LogP contribution in [0.3, 0.4) is 0 Å². The summed E-state index contributed by atoms with van der Waals surface area (Å²) in [6.07, 6.45) is 0. The Hall–Kier alpha value is -3.03. The van der Waals surface area contributed by atoms with E-state index in [9.17, 15) is 13.2 Å². The van der Waals surface area contributed by atoms with Crippen molar-refractivity contribution in [3.63, 3.8) is 0 Å². The van der Waals surface area contributed by atoms with Crippen LogP contribution >= 0.6 is 11.6 Å². The second kappa shape index (κ2) is 8.15. The first kappa shape index (κ1) is 20.8. The first-order valence-electron chi connectivity index (χ1n) is 10.4. The van der Waals surface area contributed by atoms with Crippen molar-refractivity contribution < 1.29 is 13.2 Å². The third-order valence-electron chi connectivity index (χ3n) is 6.01. The summed E-state index contributed by atoms with van der Waals surface area (Å²) >= 11 is 6.21. The molecule has 1 saturated heterocycles. The molecule has 0 aromatic heterocycles. The number of hydrogen-bond donors (Lipinski definition) is 0. The minimum absolute atomic E-state index is 0.191. The number of nitrogens with zero attached hydrogens (tertiary/aromatic N) is 3. The van der Waals surface area contributed by atoms with E-state index in [4.69, 9.17) is 11.6 Å². The molecule has 0 saturated carbocycles. The van der Waals surface area contributed by atoms with E-state index >= 15 is 0 Å². The molecule has 0 N–H and O–H groups in total. The minimum atomic E-state index is -3.86. The molecule has 0 bridgehead atoms. The Bertz CT molecular complexity index is 1270. The highest BCUT2D eigenvalue weighted by atomic mass is 35.5. The largest absolute Gasteiger partial charge is 0.368 e. The van der Waals surface area contributed by atoms with Crippen molar-refractivity contribution in [1.29, 1.82) is 0 Å². The van der Waals surface area contributed by atoms with E-state index in [-0.39, 0.29) is 17.3 Å². The van der Waals surface area contributed by atoms with Crippen LogP contribution < -0.4 is 9.21 Å². The van der Waals surface area contributed by atoms with Crippen molar-refractivity contribution in [1.82, 2.24) is 4.90 Å². The molecule has 0 atom stereocenters. The topological polar surface area (TPSA) is 60.9 Å². The zero-order valence-electron chi connectivity index (χ0n) is 17.3. The predicted octanol–water partition coefficient (Wildman–Crippen LogP) is 3.86. The summed E-state index contributed by atoms with van der Waals surface area (Å²) in [5.41, 5.74) is 2.92. The van der Waals surface area contributed by atoms with Crippen molar-refractivity contribution in [2.75, 3.05) is 41.9 Å². The molecule has 164 valence electrons. The minimum Gasteiger partial charge on any atom is -0.368 e. The van der Waals surface area contributed by atoms with Gasteiger partial charge in [0.25, 0.3) is 10.0 Å². The molecule has 6 nitrogen and oxygen atoms in total. The van der Waals surface area contributed by atoms with Gasteiger partial charge in [-0.05, 0) is 36.4 Å². The molecule has 3 aromatic carbocycles. The zero-order chi connectivity index (χ0) is 22.3. The Labute approximate surface area is 192 Å². The highest BCUT2D eigenvalue weighted by Crippen LogP contribution is 2.43. The smallest absolute Gasteiger partial charge is 0.265 e. The Kier molecular flexibility index (Phi) is 5.31. The second-order valence-electron chi connectivity index (χ2n) is 7.87. The van der Waals surface area contributed by atoms with Gasteiger partial charge in [0.1, 0.15) is 6.54 Å². The normalized spacial score (nSPS) is 17.0. The summed E-state index contributed by atoms with van der Waals surface area (Å²) in [5.74, 6) is -0.207. The van der Waals surface area contributed by atoms with Gasteiger partial charge in [0.2, 0.25) is 5.91 Å². The van der Waals surface area contributed by atoms with Crippen molar-refractivity contribution in [2.24, 2.45) is 0 Å². The Morgan fingerprint density at radius 3 is 2.28 bits per heavy atom. The van der Waals surface area contributed by atoms with Gasteiger partial charge in [0.15, 0.2) is 0 Å². The second-order valence-corrected chi connectivity index (χ2v) is 10.1. The standard InChI is InChI=1S/C24H22ClN3O3S/c25-18-10-11-22-21(16-18)20-8-4-5-9-23(20)32(30,31)28(22)17-24(29)27-14-12-26(13-15-27)19-6-2-1-3-7-19/h1-11,16H,12-15,17H2. The lowest BCUT2D eigenvalue weighted by atomic mass is 10.0. The summed E-state index contributed by atoms with van der Waals surface area (Å²) in [5, 5.41) is 0.515. The highest BCUT2D eigenvalue weighted by molar-refractivity contribution is 7.93. The fraction of sp³-hybridized carbons (Fsp3) is 0.208. The van der Waals surface area contributed by atoms with Crippen molar-refractivity contribution >= 4 is 38.9 Å². The number of sulfonamides is 1. The molecule has 0 unspecified atom stereocenters. The molecule has 2 heterocycles. The van der Waals surface area contributed by atoms with E-state index in [1.807, 2.05) is 18.2 Å². The number of piperazine rings is 1. The summed E-state index contributed by atoms with van der Waals surface area (Å²) < 4.78 is 28.1. The molecular weight excluding hydrogens is 446 g/mol. The van der Waals surface area contributed by atoms with Crippen LogP contribution in [0.4, 0.5) is 11.4 Å². The molecule has 0 radical (unpaired) electrons. The van der Waals surface area contributed by atoms with Crippen LogP contribution in [0.15, 0.2) is 77.7 Å². The molecule has 3 aromatic rings. The number of rotatable bonds is 3. The summed E-state index contributed by atoms with van der Waals surface area (Å²) in [6.45, 7) is 2.27. The van der Waals surface area contributed by atoms with E-state index in [1.54, 1.807) is 47.4 Å². The first-order valence-corrected chi connectivity index (χ1v) is 12.3. The fourth-order valence-corrected chi connectivity index (χ4v) is 6.16. The van der Waals surface area contributed by atoms with Crippen molar-refractivity contribution in [2.45, 2.75) is 4.90 Å². The van der Waals surface area contributed by atoms with E-state index in [0.29, 0.717) is 48.0 Å².